The third kappa shape index (κ3) is 52.2. The monoisotopic (exact) mass is 1880 g/mol. The first-order valence-corrected chi connectivity index (χ1v) is 21.8. The summed E-state index contributed by atoms with van der Waals surface area (Å²) in [6.45, 7) is 0. The zero-order valence-electron chi connectivity index (χ0n) is 45.3. The van der Waals surface area contributed by atoms with Crippen molar-refractivity contribution in [2.75, 3.05) is 0 Å². The number of hydrogen-bond donors (Lipinski definition) is 7. The van der Waals surface area contributed by atoms with Crippen molar-refractivity contribution in [3.8, 4) is 0 Å². The van der Waals surface area contributed by atoms with Gasteiger partial charge in [0.15, 0.2) is 0 Å². The Morgan fingerprint density at radius 1 is 0.149 bits per heavy atom. The molecule has 0 aromatic carbocycles. The molecular weight excluding hydrogens is 1850 g/mol. The Morgan fingerprint density at radius 2 is 0.191 bits per heavy atom. The molecule has 0 bridgehead atoms. The first kappa shape index (κ1) is 106. The zero-order valence-corrected chi connectivity index (χ0v) is 53.5. The van der Waals surface area contributed by atoms with Crippen LogP contribution in [0.2, 0.25) is 0 Å². The maximum Gasteiger partial charge on any atom is 7.00 e. The fourth-order valence-electron chi connectivity index (χ4n) is 4.79. The molecule has 0 fully saturated rings. The van der Waals surface area contributed by atoms with E-state index in [9.17, 15) is 208 Å². The molecule has 0 aromatic heterocycles. The van der Waals surface area contributed by atoms with Crippen molar-refractivity contribution >= 4 is 125 Å². The van der Waals surface area contributed by atoms with E-state index in [2.05, 4.69) is 0 Å². The van der Waals surface area contributed by atoms with E-state index in [4.69, 9.17) is 35.7 Å². The molecule has 49 nitrogen and oxygen atoms in total. The predicted octanol–water partition coefficient (Wildman–Crippen LogP) is -36.8. The maximum atomic E-state index is 10.1. The van der Waals surface area contributed by atoms with Crippen LogP contribution in [-0.2, 0) is 162 Å². The van der Waals surface area contributed by atoms with Crippen LogP contribution in [0.4, 0.5) is 0 Å². The number of hydrogen-bond acceptors (Lipinski definition) is 49. The number of aliphatic hydroxyl groups is 7. The zero-order chi connectivity index (χ0) is 74.5. The molecule has 0 radical (unpaired) electrons. The summed E-state index contributed by atoms with van der Waals surface area (Å²) in [5, 5.41) is 272. The van der Waals surface area contributed by atoms with Crippen LogP contribution in [0.3, 0.4) is 0 Å². The van der Waals surface area contributed by atoms with Gasteiger partial charge in [-0.3, -0.25) is 0 Å². The van der Waals surface area contributed by atoms with Crippen LogP contribution in [0.5, 0.6) is 0 Å². The smallest absolute Gasteiger partial charge is 0.550 e. The summed E-state index contributed by atoms with van der Waals surface area (Å²) in [5.74, 6) is -41.9. The molecule has 94 heavy (non-hydrogen) atoms. The largest absolute Gasteiger partial charge is 7.00 e. The van der Waals surface area contributed by atoms with E-state index < -0.39 is 254 Å². The van der Waals surface area contributed by atoms with E-state index in [1.54, 1.807) is 0 Å². The van der Waals surface area contributed by atoms with E-state index in [1.807, 2.05) is 0 Å². The fraction of sp³-hybridized carbons (Fsp3) is 0.500. The second kappa shape index (κ2) is 47.5. The number of rotatable bonds is 35. The Hall–Kier alpha value is -9.42. The quantitative estimate of drug-likeness (QED) is 0.0310. The molecule has 0 amide bonds. The molecule has 0 heterocycles. The van der Waals surface area contributed by atoms with Gasteiger partial charge < -0.3 is 244 Å². The van der Waals surface area contributed by atoms with Gasteiger partial charge in [-0.1, -0.05) is 0 Å². The van der Waals surface area contributed by atoms with Crippen LogP contribution in [0.15, 0.2) is 0 Å². The summed E-state index contributed by atoms with van der Waals surface area (Å²) >= 11 is 0. The van der Waals surface area contributed by atoms with Gasteiger partial charge in [0.25, 0.3) is 0 Å². The minimum Gasteiger partial charge on any atom is -0.550 e. The Balaban J connectivity index is -0.000000109. The molecule has 52 heteroatoms. The SMILES string of the molecule is O=C([O-])CC(O)(CC(=O)[O-])C(=O)[O-].O=C([O-])CC(O)(CC(=O)[O-])C(=O)[O-].O=C([O-])CC(O)(CC(=O)[O-])C(=O)[O-].O=C([O-])CC(O)(CC(=O)[O-])C(=O)[O-].O=C([O-])CC(O)(CC(=O)[O-])C(=O)[O-].O=C([O-])CC(O)(CC(=O)[O-])C(=O)[O-].O=C([O-])CC(O)(CC(=O)[O-])C(=O)[O-].[Re+7].[Re+7].[Re+7]. The van der Waals surface area contributed by atoms with E-state index in [0.29, 0.717) is 0 Å². The molecule has 0 rings (SSSR count). The first-order chi connectivity index (χ1) is 40.4. The topological polar surface area (TPSA) is 984 Å². The predicted molar refractivity (Wildman–Crippen MR) is 204 cm³/mol. The standard InChI is InChI=1S/7C6H8O7.3Re/c7*7-3(8)1-6(13,5(11)12)2-4(9)10;;;/h7*13H,1-2H2,(H,7,8)(H,9,10)(H,11,12);;;/q;;;;;;;3*+7/p-21. The van der Waals surface area contributed by atoms with E-state index in [-0.39, 0.29) is 61.3 Å². The molecule has 0 aliphatic rings. The molecule has 7 N–H and O–H groups in total. The van der Waals surface area contributed by atoms with Crippen molar-refractivity contribution in [1.82, 2.24) is 0 Å². The summed E-state index contributed by atoms with van der Waals surface area (Å²) in [6, 6.07) is 0. The van der Waals surface area contributed by atoms with Crippen molar-refractivity contribution in [3.63, 3.8) is 0 Å². The van der Waals surface area contributed by atoms with Crippen molar-refractivity contribution in [1.29, 1.82) is 0 Å². The van der Waals surface area contributed by atoms with Crippen LogP contribution < -0.4 is 107 Å². The van der Waals surface area contributed by atoms with Gasteiger partial charge in [-0.05, 0) is 0 Å². The summed E-state index contributed by atoms with van der Waals surface area (Å²) in [5.41, 5.74) is -20.8. The normalized spacial score (nSPS) is 10.5. The molecule has 0 aliphatic carbocycles. The number of carbonyl (C=O) groups excluding carboxylic acids is 21. The molecule has 0 saturated carbocycles. The number of aliphatic carboxylic acids is 21. The van der Waals surface area contributed by atoms with Gasteiger partial charge in [-0.2, -0.15) is 0 Å². The van der Waals surface area contributed by atoms with Gasteiger partial charge >= 0.3 is 61.3 Å². The van der Waals surface area contributed by atoms with Crippen molar-refractivity contribution < 1.29 is 305 Å². The molecule has 0 atom stereocenters. The van der Waals surface area contributed by atoms with Gasteiger partial charge in [-0.15, -0.1) is 0 Å². The molecule has 0 spiro atoms. The summed E-state index contributed by atoms with van der Waals surface area (Å²) in [7, 11) is 0. The summed E-state index contributed by atoms with van der Waals surface area (Å²) in [4.78, 5) is 210. The van der Waals surface area contributed by atoms with Gasteiger partial charge in [0.05, 0.1) is 41.8 Å². The Labute approximate surface area is 557 Å². The van der Waals surface area contributed by atoms with Gasteiger partial charge in [-0.25, -0.2) is 0 Å². The molecule has 0 saturated heterocycles. The molecule has 0 unspecified atom stereocenters. The third-order valence-electron chi connectivity index (χ3n) is 8.77. The molecule has 0 aromatic rings. The number of carbonyl (C=O) groups is 21. The van der Waals surface area contributed by atoms with Crippen LogP contribution in [0, 0.1) is 0 Å². The number of carboxylic acids is 21. The summed E-state index contributed by atoms with van der Waals surface area (Å²) in [6.07, 6.45) is -19.0. The van der Waals surface area contributed by atoms with Crippen molar-refractivity contribution in [3.05, 3.63) is 0 Å². The van der Waals surface area contributed by atoms with Crippen molar-refractivity contribution in [2.45, 2.75) is 129 Å². The van der Waals surface area contributed by atoms with Crippen LogP contribution >= 0.6 is 0 Å². The average Bonchev–Trinajstić information content (AvgIpc) is 3.26. The van der Waals surface area contributed by atoms with Gasteiger partial charge in [0.1, 0.15) is 39.2 Å². The Bertz CT molecular complexity index is 2120. The number of carboxylic acid groups (broad SMARTS) is 21. The summed E-state index contributed by atoms with van der Waals surface area (Å²) < 4.78 is 0. The van der Waals surface area contributed by atoms with Crippen LogP contribution in [0.1, 0.15) is 89.9 Å². The molecule has 0 aliphatic heterocycles. The first-order valence-electron chi connectivity index (χ1n) is 21.8. The van der Waals surface area contributed by atoms with Gasteiger partial charge in [0, 0.05) is 173 Å². The fourth-order valence-corrected chi connectivity index (χ4v) is 4.79. The van der Waals surface area contributed by atoms with Crippen LogP contribution in [-0.4, -0.2) is 200 Å². The Morgan fingerprint density at radius 3 is 0.213 bits per heavy atom. The third-order valence-corrected chi connectivity index (χ3v) is 8.77. The van der Waals surface area contributed by atoms with Crippen LogP contribution in [0.25, 0.3) is 0 Å². The second-order valence-electron chi connectivity index (χ2n) is 16.9. The Kier molecular flexibility index (Phi) is 53.6. The van der Waals surface area contributed by atoms with E-state index >= 15 is 0 Å². The maximum absolute atomic E-state index is 10.1. The second-order valence-corrected chi connectivity index (χ2v) is 16.9. The molecule has 518 valence electrons. The van der Waals surface area contributed by atoms with E-state index in [1.165, 1.54) is 0 Å². The van der Waals surface area contributed by atoms with E-state index in [0.717, 1.165) is 0 Å². The minimum absolute atomic E-state index is 0. The average molecular weight is 1880 g/mol. The van der Waals surface area contributed by atoms with Gasteiger partial charge in [0.2, 0.25) is 0 Å². The van der Waals surface area contributed by atoms with Crippen molar-refractivity contribution in [2.24, 2.45) is 0 Å². The molecular formula is C42H35O49Re3. The minimum atomic E-state index is -2.97.